The molecule has 0 spiro atoms. The second-order valence-electron chi connectivity index (χ2n) is 8.18. The second-order valence-corrected chi connectivity index (χ2v) is 8.18. The second kappa shape index (κ2) is 10.3. The zero-order valence-corrected chi connectivity index (χ0v) is 19.1. The maximum atomic E-state index is 13.6. The van der Waals surface area contributed by atoms with Crippen LogP contribution in [0.25, 0.3) is 0 Å². The average Bonchev–Trinajstić information content (AvgIpc) is 2.86. The zero-order chi connectivity index (χ0) is 24.1. The summed E-state index contributed by atoms with van der Waals surface area (Å²) in [5, 5.41) is 19.6. The van der Waals surface area contributed by atoms with Crippen molar-refractivity contribution in [2.24, 2.45) is 0 Å². The minimum Gasteiger partial charge on any atom is -0.508 e. The molecular formula is C27H28N2O5. The van der Waals surface area contributed by atoms with Crippen LogP contribution in [0.15, 0.2) is 72.8 Å². The van der Waals surface area contributed by atoms with E-state index in [-0.39, 0.29) is 29.4 Å². The summed E-state index contributed by atoms with van der Waals surface area (Å²) in [7, 11) is 0. The Hall–Kier alpha value is -4.00. The Labute approximate surface area is 198 Å². The Morgan fingerprint density at radius 1 is 0.794 bits per heavy atom. The van der Waals surface area contributed by atoms with Gasteiger partial charge in [-0.25, -0.2) is 4.79 Å². The van der Waals surface area contributed by atoms with Crippen molar-refractivity contribution >= 4 is 12.0 Å². The number of phenolic OH excluding ortho intramolecular Hbond substituents is 2. The molecule has 3 aromatic carbocycles. The van der Waals surface area contributed by atoms with Crippen LogP contribution in [-0.2, 0) is 4.74 Å². The van der Waals surface area contributed by atoms with Crippen LogP contribution in [0.1, 0.15) is 39.9 Å². The number of rotatable bonds is 5. The molecule has 0 saturated carbocycles. The van der Waals surface area contributed by atoms with Crippen LogP contribution >= 0.6 is 0 Å². The molecule has 0 radical (unpaired) electrons. The summed E-state index contributed by atoms with van der Waals surface area (Å²) >= 11 is 0. The lowest BCUT2D eigenvalue weighted by molar-refractivity contribution is 0.0569. The van der Waals surface area contributed by atoms with Crippen LogP contribution < -0.4 is 0 Å². The quantitative estimate of drug-likeness (QED) is 0.557. The number of piperazine rings is 1. The van der Waals surface area contributed by atoms with E-state index >= 15 is 0 Å². The van der Waals surface area contributed by atoms with E-state index in [2.05, 4.69) is 0 Å². The predicted molar refractivity (Wildman–Crippen MR) is 128 cm³/mol. The van der Waals surface area contributed by atoms with Crippen molar-refractivity contribution in [2.75, 3.05) is 32.8 Å². The number of hydrogen-bond acceptors (Lipinski definition) is 5. The smallest absolute Gasteiger partial charge is 0.409 e. The van der Waals surface area contributed by atoms with Crippen LogP contribution in [0.2, 0.25) is 0 Å². The Kier molecular flexibility index (Phi) is 7.01. The van der Waals surface area contributed by atoms with Crippen LogP contribution in [0.3, 0.4) is 0 Å². The highest BCUT2D eigenvalue weighted by molar-refractivity contribution is 5.96. The Morgan fingerprint density at radius 3 is 1.82 bits per heavy atom. The van der Waals surface area contributed by atoms with Gasteiger partial charge in [-0.1, -0.05) is 42.5 Å². The van der Waals surface area contributed by atoms with Crippen LogP contribution in [-0.4, -0.2) is 64.8 Å². The number of aromatic hydroxyl groups is 2. The summed E-state index contributed by atoms with van der Waals surface area (Å²) < 4.78 is 5.07. The Bertz CT molecular complexity index is 1090. The van der Waals surface area contributed by atoms with E-state index in [4.69, 9.17) is 4.74 Å². The molecule has 1 fully saturated rings. The first-order valence-corrected chi connectivity index (χ1v) is 11.4. The van der Waals surface area contributed by atoms with Crippen molar-refractivity contribution < 1.29 is 24.5 Å². The third-order valence-electron chi connectivity index (χ3n) is 6.05. The molecule has 0 unspecified atom stereocenters. The monoisotopic (exact) mass is 460 g/mol. The van der Waals surface area contributed by atoms with Gasteiger partial charge in [0.25, 0.3) is 5.91 Å². The summed E-state index contributed by atoms with van der Waals surface area (Å²) in [6, 6.07) is 21.4. The molecule has 3 aromatic rings. The summed E-state index contributed by atoms with van der Waals surface area (Å²) in [5.74, 6) is -0.0436. The van der Waals surface area contributed by atoms with Gasteiger partial charge < -0.3 is 24.7 Å². The van der Waals surface area contributed by atoms with Crippen molar-refractivity contribution in [1.29, 1.82) is 0 Å². The van der Waals surface area contributed by atoms with Gasteiger partial charge in [0.1, 0.15) is 11.5 Å². The average molecular weight is 461 g/mol. The molecule has 4 rings (SSSR count). The van der Waals surface area contributed by atoms with Gasteiger partial charge in [-0.15, -0.1) is 0 Å². The van der Waals surface area contributed by atoms with Gasteiger partial charge in [0, 0.05) is 37.7 Å². The van der Waals surface area contributed by atoms with Crippen molar-refractivity contribution in [2.45, 2.75) is 12.8 Å². The molecular weight excluding hydrogens is 432 g/mol. The Morgan fingerprint density at radius 2 is 1.29 bits per heavy atom. The number of hydrogen-bond donors (Lipinski definition) is 2. The molecule has 1 aliphatic rings. The minimum absolute atomic E-state index is 0.0957. The molecule has 2 N–H and O–H groups in total. The summed E-state index contributed by atoms with van der Waals surface area (Å²) in [5.41, 5.74) is 3.24. The van der Waals surface area contributed by atoms with Gasteiger partial charge in [-0.05, 0) is 53.9 Å². The molecule has 1 heterocycles. The van der Waals surface area contributed by atoms with Crippen molar-refractivity contribution in [3.05, 3.63) is 95.1 Å². The van der Waals surface area contributed by atoms with E-state index in [1.807, 2.05) is 48.5 Å². The first-order chi connectivity index (χ1) is 16.5. The topological polar surface area (TPSA) is 90.3 Å². The van der Waals surface area contributed by atoms with Gasteiger partial charge in [-0.2, -0.15) is 0 Å². The molecule has 7 heteroatoms. The lowest BCUT2D eigenvalue weighted by Gasteiger charge is -2.34. The van der Waals surface area contributed by atoms with Gasteiger partial charge >= 0.3 is 6.09 Å². The summed E-state index contributed by atoms with van der Waals surface area (Å²) in [6.45, 7) is 3.79. The third kappa shape index (κ3) is 4.98. The zero-order valence-electron chi connectivity index (χ0n) is 19.1. The minimum atomic E-state index is -0.352. The van der Waals surface area contributed by atoms with E-state index in [0.29, 0.717) is 38.3 Å². The van der Waals surface area contributed by atoms with E-state index < -0.39 is 0 Å². The number of carbonyl (C=O) groups is 2. The first kappa shape index (κ1) is 23.2. The summed E-state index contributed by atoms with van der Waals surface area (Å²) in [6.07, 6.45) is -0.352. The van der Waals surface area contributed by atoms with Gasteiger partial charge in [0.05, 0.1) is 6.61 Å². The number of phenols is 2. The standard InChI is InChI=1S/C27H28N2O5/c1-2-34-27(33)29-17-15-28(16-18-29)26(32)24-6-4-3-5-23(24)25(19-7-11-21(30)12-8-19)20-9-13-22(31)14-10-20/h3-14,25,30-31H,2,15-18H2,1H3. The fourth-order valence-electron chi connectivity index (χ4n) is 4.31. The van der Waals surface area contributed by atoms with E-state index in [1.165, 1.54) is 0 Å². The highest BCUT2D eigenvalue weighted by Crippen LogP contribution is 2.35. The highest BCUT2D eigenvalue weighted by Gasteiger charge is 2.29. The number of amides is 2. The SMILES string of the molecule is CCOC(=O)N1CCN(C(=O)c2ccccc2C(c2ccc(O)cc2)c2ccc(O)cc2)CC1. The van der Waals surface area contributed by atoms with Gasteiger partial charge in [-0.3, -0.25) is 4.79 Å². The summed E-state index contributed by atoms with van der Waals surface area (Å²) in [4.78, 5) is 29.0. The van der Waals surface area contributed by atoms with Gasteiger partial charge in [0.2, 0.25) is 0 Å². The van der Waals surface area contributed by atoms with Gasteiger partial charge in [0.15, 0.2) is 0 Å². The van der Waals surface area contributed by atoms with Crippen LogP contribution in [0.5, 0.6) is 11.5 Å². The number of carbonyl (C=O) groups excluding carboxylic acids is 2. The highest BCUT2D eigenvalue weighted by atomic mass is 16.6. The number of ether oxygens (including phenoxy) is 1. The first-order valence-electron chi connectivity index (χ1n) is 11.4. The van der Waals surface area contributed by atoms with Crippen molar-refractivity contribution in [3.8, 4) is 11.5 Å². The molecule has 1 saturated heterocycles. The largest absolute Gasteiger partial charge is 0.508 e. The van der Waals surface area contributed by atoms with E-state index in [9.17, 15) is 19.8 Å². The van der Waals surface area contributed by atoms with E-state index in [0.717, 1.165) is 16.7 Å². The fraction of sp³-hybridized carbons (Fsp3) is 0.259. The number of nitrogens with zero attached hydrogens (tertiary/aromatic N) is 2. The maximum absolute atomic E-state index is 13.6. The van der Waals surface area contributed by atoms with Crippen LogP contribution in [0.4, 0.5) is 4.79 Å². The molecule has 0 atom stereocenters. The molecule has 34 heavy (non-hydrogen) atoms. The lowest BCUT2D eigenvalue weighted by atomic mass is 9.82. The normalized spacial score (nSPS) is 13.7. The molecule has 0 aliphatic carbocycles. The molecule has 1 aliphatic heterocycles. The predicted octanol–water partition coefficient (Wildman–Crippen LogP) is 4.19. The third-order valence-corrected chi connectivity index (χ3v) is 6.05. The molecule has 0 bridgehead atoms. The lowest BCUT2D eigenvalue weighted by Crippen LogP contribution is -2.50. The fourth-order valence-corrected chi connectivity index (χ4v) is 4.31. The molecule has 2 amide bonds. The van der Waals surface area contributed by atoms with Crippen LogP contribution in [0, 0.1) is 0 Å². The Balaban J connectivity index is 1.66. The molecule has 0 aromatic heterocycles. The van der Waals surface area contributed by atoms with E-state index in [1.54, 1.807) is 41.0 Å². The number of benzene rings is 3. The molecule has 7 nitrogen and oxygen atoms in total. The van der Waals surface area contributed by atoms with Crippen molar-refractivity contribution in [3.63, 3.8) is 0 Å². The maximum Gasteiger partial charge on any atom is 0.409 e. The van der Waals surface area contributed by atoms with Crippen molar-refractivity contribution in [1.82, 2.24) is 9.80 Å². The molecule has 176 valence electrons.